The van der Waals surface area contributed by atoms with Gasteiger partial charge in [0, 0.05) is 29.9 Å². The molecule has 0 unspecified atom stereocenters. The van der Waals surface area contributed by atoms with Crippen molar-refractivity contribution in [3.8, 4) is 0 Å². The lowest BCUT2D eigenvalue weighted by Gasteiger charge is -2.15. The van der Waals surface area contributed by atoms with Crippen LogP contribution in [0.5, 0.6) is 0 Å². The lowest BCUT2D eigenvalue weighted by atomic mass is 10.0. The van der Waals surface area contributed by atoms with Gasteiger partial charge < -0.3 is 14.9 Å². The molecule has 0 saturated heterocycles. The first-order valence-corrected chi connectivity index (χ1v) is 8.65. The lowest BCUT2D eigenvalue weighted by molar-refractivity contribution is 0.0916. The molecule has 1 amide bonds. The van der Waals surface area contributed by atoms with Gasteiger partial charge in [-0.15, -0.1) is 0 Å². The Labute approximate surface area is 144 Å². The van der Waals surface area contributed by atoms with Crippen molar-refractivity contribution in [2.75, 3.05) is 6.54 Å². The van der Waals surface area contributed by atoms with Crippen LogP contribution in [-0.4, -0.2) is 33.8 Å². The van der Waals surface area contributed by atoms with Crippen molar-refractivity contribution in [2.24, 2.45) is 5.92 Å². The van der Waals surface area contributed by atoms with Crippen LogP contribution in [0.3, 0.4) is 0 Å². The third-order valence-corrected chi connectivity index (χ3v) is 5.04. The number of aliphatic hydroxyl groups excluding tert-OH is 1. The zero-order valence-corrected chi connectivity index (χ0v) is 13.7. The van der Waals surface area contributed by atoms with E-state index in [2.05, 4.69) is 15.5 Å². The highest BCUT2D eigenvalue weighted by molar-refractivity contribution is 5.94. The van der Waals surface area contributed by atoms with E-state index in [-0.39, 0.29) is 23.6 Å². The van der Waals surface area contributed by atoms with Crippen molar-refractivity contribution in [3.63, 3.8) is 0 Å². The molecule has 0 aliphatic heterocycles. The van der Waals surface area contributed by atoms with Crippen LogP contribution in [0.15, 0.2) is 28.8 Å². The first kappa shape index (κ1) is 16.2. The number of amides is 1. The second-order valence-electron chi connectivity index (χ2n) is 6.98. The number of hydrogen-bond donors (Lipinski definition) is 2. The number of carbonyl (C=O) groups is 1. The molecular weight excluding hydrogens is 325 g/mol. The monoisotopic (exact) mass is 345 g/mol. The van der Waals surface area contributed by atoms with Gasteiger partial charge in [-0.25, -0.2) is 4.39 Å². The second kappa shape index (κ2) is 6.55. The van der Waals surface area contributed by atoms with Gasteiger partial charge in [0.2, 0.25) is 5.89 Å². The highest BCUT2D eigenvalue weighted by atomic mass is 19.1. The smallest absolute Gasteiger partial charge is 0.251 e. The number of hydrogen-bond acceptors (Lipinski definition) is 5. The van der Waals surface area contributed by atoms with Crippen LogP contribution in [0.25, 0.3) is 0 Å². The van der Waals surface area contributed by atoms with Gasteiger partial charge in [0.1, 0.15) is 5.82 Å². The summed E-state index contributed by atoms with van der Waals surface area (Å²) in [5.41, 5.74) is 0.399. The Balaban J connectivity index is 1.33. The van der Waals surface area contributed by atoms with E-state index in [0.717, 1.165) is 18.7 Å². The van der Waals surface area contributed by atoms with Crippen molar-refractivity contribution in [1.82, 2.24) is 15.5 Å². The molecule has 2 aliphatic rings. The molecule has 2 saturated carbocycles. The minimum absolute atomic E-state index is 0.0303. The zero-order chi connectivity index (χ0) is 17.4. The molecule has 6 nitrogen and oxygen atoms in total. The Morgan fingerprint density at radius 2 is 2.00 bits per heavy atom. The van der Waals surface area contributed by atoms with Gasteiger partial charge in [-0.05, 0) is 49.9 Å². The van der Waals surface area contributed by atoms with E-state index >= 15 is 0 Å². The Kier molecular flexibility index (Phi) is 4.25. The first-order chi connectivity index (χ1) is 12.1. The first-order valence-electron chi connectivity index (χ1n) is 8.65. The Morgan fingerprint density at radius 3 is 2.72 bits per heavy atom. The molecule has 0 radical (unpaired) electrons. The summed E-state index contributed by atoms with van der Waals surface area (Å²) >= 11 is 0. The van der Waals surface area contributed by atoms with E-state index in [9.17, 15) is 14.3 Å². The largest absolute Gasteiger partial charge is 0.393 e. The topological polar surface area (TPSA) is 88.3 Å². The van der Waals surface area contributed by atoms with Crippen LogP contribution in [0.2, 0.25) is 0 Å². The molecule has 132 valence electrons. The quantitative estimate of drug-likeness (QED) is 0.868. The van der Waals surface area contributed by atoms with Crippen LogP contribution < -0.4 is 5.32 Å². The number of nitrogens with one attached hydrogen (secondary N) is 1. The fraction of sp³-hybridized carbons (Fsp3) is 0.500. The predicted octanol–water partition coefficient (Wildman–Crippen LogP) is 2.37. The molecule has 2 N–H and O–H groups in total. The number of halogens is 1. The number of aliphatic hydroxyl groups is 1. The van der Waals surface area contributed by atoms with E-state index in [1.54, 1.807) is 0 Å². The maximum absolute atomic E-state index is 12.9. The van der Waals surface area contributed by atoms with Crippen molar-refractivity contribution in [2.45, 2.75) is 43.6 Å². The highest BCUT2D eigenvalue weighted by Crippen LogP contribution is 2.41. The summed E-state index contributed by atoms with van der Waals surface area (Å²) in [6.45, 7) is 0.359. The summed E-state index contributed by atoms with van der Waals surface area (Å²) in [6.07, 6.45) is 2.96. The Bertz CT molecular complexity index is 757. The minimum atomic E-state index is -0.519. The fourth-order valence-electron chi connectivity index (χ4n) is 3.37. The normalized spacial score (nSPS) is 25.9. The summed E-state index contributed by atoms with van der Waals surface area (Å²) < 4.78 is 18.3. The van der Waals surface area contributed by atoms with Crippen LogP contribution in [0.1, 0.15) is 59.6 Å². The van der Waals surface area contributed by atoms with Crippen molar-refractivity contribution in [1.29, 1.82) is 0 Å². The van der Waals surface area contributed by atoms with Crippen molar-refractivity contribution < 1.29 is 18.8 Å². The average Bonchev–Trinajstić information content (AvgIpc) is 3.22. The third kappa shape index (κ3) is 3.56. The molecular formula is C18H20FN3O3. The maximum Gasteiger partial charge on any atom is 0.251 e. The van der Waals surface area contributed by atoms with Crippen LogP contribution in [0, 0.1) is 11.7 Å². The summed E-state index contributed by atoms with van der Waals surface area (Å²) in [4.78, 5) is 16.6. The molecule has 2 aliphatic carbocycles. The van der Waals surface area contributed by atoms with E-state index in [4.69, 9.17) is 4.52 Å². The van der Waals surface area contributed by atoms with Crippen LogP contribution in [0.4, 0.5) is 4.39 Å². The Morgan fingerprint density at radius 1 is 1.24 bits per heavy atom. The summed E-state index contributed by atoms with van der Waals surface area (Å²) in [7, 11) is 0. The zero-order valence-electron chi connectivity index (χ0n) is 13.7. The number of nitrogens with zero attached hydrogens (tertiary/aromatic N) is 2. The lowest BCUT2D eigenvalue weighted by Crippen LogP contribution is -2.32. The van der Waals surface area contributed by atoms with Gasteiger partial charge in [-0.1, -0.05) is 5.16 Å². The minimum Gasteiger partial charge on any atom is -0.393 e. The molecule has 0 spiro atoms. The van der Waals surface area contributed by atoms with Crippen molar-refractivity contribution >= 4 is 5.91 Å². The standard InChI is InChI=1S/C18H20FN3O3/c19-14-5-3-11(4-6-14)17(24)20-9-13-7-12(8-15(13)23)18-21-16(22-25-18)10-1-2-10/h3-6,10,12-13,15,23H,1-2,7-9H2,(H,20,24)/t12-,13+,15+/m0/s1. The predicted molar refractivity (Wildman–Crippen MR) is 86.5 cm³/mol. The maximum atomic E-state index is 12.9. The van der Waals surface area contributed by atoms with Crippen LogP contribution >= 0.6 is 0 Å². The van der Waals surface area contributed by atoms with Gasteiger partial charge in [0.05, 0.1) is 6.10 Å². The second-order valence-corrected chi connectivity index (χ2v) is 6.98. The fourth-order valence-corrected chi connectivity index (χ4v) is 3.37. The van der Waals surface area contributed by atoms with E-state index < -0.39 is 6.10 Å². The molecule has 1 aromatic carbocycles. The SMILES string of the molecule is O=C(NC[C@H]1C[C@H](c2nc(C3CC3)no2)C[C@H]1O)c1ccc(F)cc1. The molecule has 7 heteroatoms. The van der Waals surface area contributed by atoms with Gasteiger partial charge in [-0.3, -0.25) is 4.79 Å². The molecule has 3 atom stereocenters. The van der Waals surface area contributed by atoms with E-state index in [0.29, 0.717) is 36.8 Å². The van der Waals surface area contributed by atoms with Gasteiger partial charge in [-0.2, -0.15) is 4.98 Å². The number of carbonyl (C=O) groups excluding carboxylic acids is 1. The molecule has 2 fully saturated rings. The summed E-state index contributed by atoms with van der Waals surface area (Å²) in [6, 6.07) is 5.39. The molecule has 25 heavy (non-hydrogen) atoms. The van der Waals surface area contributed by atoms with Crippen LogP contribution in [-0.2, 0) is 0 Å². The molecule has 1 heterocycles. The number of aromatic nitrogens is 2. The molecule has 1 aromatic heterocycles. The van der Waals surface area contributed by atoms with E-state index in [1.807, 2.05) is 0 Å². The van der Waals surface area contributed by atoms with Gasteiger partial charge >= 0.3 is 0 Å². The average molecular weight is 345 g/mol. The number of rotatable bonds is 5. The number of benzene rings is 1. The highest BCUT2D eigenvalue weighted by Gasteiger charge is 2.38. The third-order valence-electron chi connectivity index (χ3n) is 5.04. The van der Waals surface area contributed by atoms with Crippen molar-refractivity contribution in [3.05, 3.63) is 47.4 Å². The summed E-state index contributed by atoms with van der Waals surface area (Å²) in [5.74, 6) is 1.12. The summed E-state index contributed by atoms with van der Waals surface area (Å²) in [5, 5.41) is 17.1. The van der Waals surface area contributed by atoms with E-state index in [1.165, 1.54) is 24.3 Å². The molecule has 4 rings (SSSR count). The van der Waals surface area contributed by atoms with Gasteiger partial charge in [0.25, 0.3) is 5.91 Å². The molecule has 0 bridgehead atoms. The molecule has 2 aromatic rings. The Hall–Kier alpha value is -2.28. The van der Waals surface area contributed by atoms with Gasteiger partial charge in [0.15, 0.2) is 5.82 Å².